The topological polar surface area (TPSA) is 89.7 Å². The molecular weight excluding hydrogens is 559 g/mol. The number of aromatic amines is 1. The number of nitrogens with zero attached hydrogens (tertiary/aromatic N) is 2. The summed E-state index contributed by atoms with van der Waals surface area (Å²) in [6, 6.07) is 18.9. The SMILES string of the molecule is CN1CCN(c2cc(C(=O)Nc3cccc(Oc4ccc5c(c4)NC(=O)C5=Cc4ccc[nH]4)c3)cc(C(F)(F)F)c2)CC1. The van der Waals surface area contributed by atoms with Crippen molar-refractivity contribution >= 4 is 40.5 Å². The predicted molar refractivity (Wildman–Crippen MR) is 159 cm³/mol. The monoisotopic (exact) mass is 587 g/mol. The van der Waals surface area contributed by atoms with Crippen molar-refractivity contribution < 1.29 is 27.5 Å². The maximum absolute atomic E-state index is 13.7. The number of carbonyl (C=O) groups is 2. The molecule has 0 aliphatic carbocycles. The van der Waals surface area contributed by atoms with Crippen molar-refractivity contribution in [2.45, 2.75) is 6.18 Å². The van der Waals surface area contributed by atoms with Crippen LogP contribution in [-0.2, 0) is 11.0 Å². The van der Waals surface area contributed by atoms with Gasteiger partial charge in [0.15, 0.2) is 0 Å². The summed E-state index contributed by atoms with van der Waals surface area (Å²) in [5, 5.41) is 5.54. The standard InChI is InChI=1S/C32H28F3N5O3/c1-39-10-12-40(13-11-39)24-15-20(14-21(16-24)32(33,34)35)30(41)37-23-4-2-6-25(17-23)43-26-7-8-27-28(18-22-5-3-9-36-22)31(42)38-29(27)19-26/h2-9,14-19,36H,10-13H2,1H3,(H,37,41)(H,38,42). The van der Waals surface area contributed by atoms with E-state index in [1.165, 1.54) is 6.07 Å². The molecule has 2 aliphatic heterocycles. The van der Waals surface area contributed by atoms with Crippen LogP contribution in [0.4, 0.5) is 30.2 Å². The van der Waals surface area contributed by atoms with E-state index in [4.69, 9.17) is 4.74 Å². The summed E-state index contributed by atoms with van der Waals surface area (Å²) in [5.74, 6) is -0.0400. The van der Waals surface area contributed by atoms with Gasteiger partial charge in [-0.15, -0.1) is 0 Å². The molecule has 0 bridgehead atoms. The summed E-state index contributed by atoms with van der Waals surface area (Å²) in [6.07, 6.45) is -1.05. The lowest BCUT2D eigenvalue weighted by Crippen LogP contribution is -2.44. The minimum absolute atomic E-state index is 0.0901. The molecular formula is C32H28F3N5O3. The molecule has 1 aromatic heterocycles. The number of rotatable bonds is 6. The molecule has 0 radical (unpaired) electrons. The third-order valence-corrected chi connectivity index (χ3v) is 7.40. The highest BCUT2D eigenvalue weighted by Gasteiger charge is 2.33. The normalized spacial score (nSPS) is 16.2. The minimum atomic E-state index is -4.60. The van der Waals surface area contributed by atoms with E-state index in [0.29, 0.717) is 60.3 Å². The maximum atomic E-state index is 13.7. The summed E-state index contributed by atoms with van der Waals surface area (Å²) in [5.41, 5.74) is 2.42. The molecule has 1 fully saturated rings. The number of fused-ring (bicyclic) bond motifs is 1. The lowest BCUT2D eigenvalue weighted by Gasteiger charge is -2.34. The highest BCUT2D eigenvalue weighted by molar-refractivity contribution is 6.34. The Kier molecular flexibility index (Phi) is 7.41. The van der Waals surface area contributed by atoms with Gasteiger partial charge >= 0.3 is 6.18 Å². The van der Waals surface area contributed by atoms with Gasteiger partial charge in [0.05, 0.1) is 16.8 Å². The van der Waals surface area contributed by atoms with Crippen molar-refractivity contribution in [3.8, 4) is 11.5 Å². The number of anilines is 3. The molecule has 0 atom stereocenters. The average Bonchev–Trinajstić information content (AvgIpc) is 3.60. The fourth-order valence-corrected chi connectivity index (χ4v) is 5.10. The average molecular weight is 588 g/mol. The fourth-order valence-electron chi connectivity index (χ4n) is 5.10. The number of likely N-dealkylation sites (N-methyl/N-ethyl adjacent to an activating group) is 1. The van der Waals surface area contributed by atoms with Crippen molar-refractivity contribution in [1.82, 2.24) is 9.88 Å². The Bertz CT molecular complexity index is 1710. The molecule has 3 N–H and O–H groups in total. The molecule has 3 heterocycles. The number of hydrogen-bond donors (Lipinski definition) is 3. The molecule has 1 saturated heterocycles. The Morgan fingerprint density at radius 1 is 0.953 bits per heavy atom. The first-order valence-electron chi connectivity index (χ1n) is 13.7. The molecule has 43 heavy (non-hydrogen) atoms. The van der Waals surface area contributed by atoms with Crippen LogP contribution in [0.5, 0.6) is 11.5 Å². The quantitative estimate of drug-likeness (QED) is 0.230. The minimum Gasteiger partial charge on any atom is -0.457 e. The van der Waals surface area contributed by atoms with Crippen LogP contribution in [-0.4, -0.2) is 54.9 Å². The van der Waals surface area contributed by atoms with Gasteiger partial charge in [-0.3, -0.25) is 9.59 Å². The van der Waals surface area contributed by atoms with Crippen LogP contribution >= 0.6 is 0 Å². The van der Waals surface area contributed by atoms with Crippen molar-refractivity contribution in [3.05, 3.63) is 101 Å². The summed E-state index contributed by atoms with van der Waals surface area (Å²) < 4.78 is 47.2. The molecule has 4 aromatic rings. The van der Waals surface area contributed by atoms with Gasteiger partial charge in [0.25, 0.3) is 11.8 Å². The Morgan fingerprint density at radius 2 is 1.74 bits per heavy atom. The Labute approximate surface area is 245 Å². The largest absolute Gasteiger partial charge is 0.457 e. The Hall–Kier alpha value is -5.03. The molecule has 8 nitrogen and oxygen atoms in total. The number of piperazine rings is 1. The van der Waals surface area contributed by atoms with Gasteiger partial charge < -0.3 is 30.2 Å². The zero-order valence-corrected chi connectivity index (χ0v) is 23.2. The van der Waals surface area contributed by atoms with Crippen molar-refractivity contribution in [2.75, 3.05) is 48.8 Å². The summed E-state index contributed by atoms with van der Waals surface area (Å²) in [7, 11) is 1.96. The van der Waals surface area contributed by atoms with Crippen LogP contribution in [0, 0.1) is 0 Å². The van der Waals surface area contributed by atoms with Crippen LogP contribution < -0.4 is 20.3 Å². The van der Waals surface area contributed by atoms with Gasteiger partial charge in [0.2, 0.25) is 0 Å². The van der Waals surface area contributed by atoms with Gasteiger partial charge in [0.1, 0.15) is 11.5 Å². The van der Waals surface area contributed by atoms with Gasteiger partial charge in [-0.05, 0) is 67.7 Å². The van der Waals surface area contributed by atoms with Gasteiger partial charge in [-0.1, -0.05) is 6.07 Å². The number of hydrogen-bond acceptors (Lipinski definition) is 5. The number of amides is 2. The number of benzene rings is 3. The number of alkyl halides is 3. The third kappa shape index (κ3) is 6.26. The van der Waals surface area contributed by atoms with Gasteiger partial charge in [-0.25, -0.2) is 0 Å². The first-order valence-corrected chi connectivity index (χ1v) is 13.7. The smallest absolute Gasteiger partial charge is 0.416 e. The molecule has 220 valence electrons. The number of H-pyrrole nitrogens is 1. The van der Waals surface area contributed by atoms with Crippen LogP contribution in [0.3, 0.4) is 0 Å². The first-order chi connectivity index (χ1) is 20.6. The Morgan fingerprint density at radius 3 is 2.49 bits per heavy atom. The maximum Gasteiger partial charge on any atom is 0.416 e. The van der Waals surface area contributed by atoms with E-state index in [2.05, 4.69) is 20.5 Å². The lowest BCUT2D eigenvalue weighted by atomic mass is 10.1. The van der Waals surface area contributed by atoms with E-state index in [9.17, 15) is 22.8 Å². The number of nitrogens with one attached hydrogen (secondary N) is 3. The lowest BCUT2D eigenvalue weighted by molar-refractivity contribution is -0.137. The second-order valence-corrected chi connectivity index (χ2v) is 10.5. The van der Waals surface area contributed by atoms with E-state index in [1.54, 1.807) is 54.7 Å². The first kappa shape index (κ1) is 28.1. The van der Waals surface area contributed by atoms with Crippen LogP contribution in [0.2, 0.25) is 0 Å². The number of halogens is 3. The van der Waals surface area contributed by atoms with E-state index in [1.807, 2.05) is 24.1 Å². The van der Waals surface area contributed by atoms with Crippen molar-refractivity contribution in [3.63, 3.8) is 0 Å². The van der Waals surface area contributed by atoms with Gasteiger partial charge in [-0.2, -0.15) is 13.2 Å². The highest BCUT2D eigenvalue weighted by Crippen LogP contribution is 2.37. The van der Waals surface area contributed by atoms with Gasteiger partial charge in [0, 0.05) is 72.7 Å². The number of carbonyl (C=O) groups excluding carboxylic acids is 2. The van der Waals surface area contributed by atoms with E-state index < -0.39 is 17.6 Å². The summed E-state index contributed by atoms with van der Waals surface area (Å²) >= 11 is 0. The van der Waals surface area contributed by atoms with Crippen molar-refractivity contribution in [1.29, 1.82) is 0 Å². The summed E-state index contributed by atoms with van der Waals surface area (Å²) in [4.78, 5) is 32.7. The van der Waals surface area contributed by atoms with Crippen LogP contribution in [0.1, 0.15) is 27.2 Å². The highest BCUT2D eigenvalue weighted by atomic mass is 19.4. The molecule has 0 spiro atoms. The van der Waals surface area contributed by atoms with Crippen LogP contribution in [0.25, 0.3) is 11.6 Å². The molecule has 0 saturated carbocycles. The molecule has 2 aliphatic rings. The fraction of sp³-hybridized carbons (Fsp3) is 0.188. The molecule has 6 rings (SSSR count). The Balaban J connectivity index is 1.19. The van der Waals surface area contributed by atoms with Crippen LogP contribution in [0.15, 0.2) is 79.0 Å². The molecule has 0 unspecified atom stereocenters. The summed E-state index contributed by atoms with van der Waals surface area (Å²) in [6.45, 7) is 2.56. The van der Waals surface area contributed by atoms with E-state index >= 15 is 0 Å². The zero-order valence-electron chi connectivity index (χ0n) is 23.2. The number of ether oxygens (including phenoxy) is 1. The molecule has 2 amide bonds. The second kappa shape index (κ2) is 11.3. The molecule has 11 heteroatoms. The van der Waals surface area contributed by atoms with E-state index in [0.717, 1.165) is 23.4 Å². The zero-order chi connectivity index (χ0) is 30.1. The third-order valence-electron chi connectivity index (χ3n) is 7.40. The molecule has 3 aromatic carbocycles. The van der Waals surface area contributed by atoms with E-state index in [-0.39, 0.29) is 11.5 Å². The van der Waals surface area contributed by atoms with Crippen molar-refractivity contribution in [2.24, 2.45) is 0 Å². The number of aromatic nitrogens is 1. The predicted octanol–water partition coefficient (Wildman–Crippen LogP) is 6.32. The second-order valence-electron chi connectivity index (χ2n) is 10.5.